The lowest BCUT2D eigenvalue weighted by Crippen LogP contribution is -2.30. The summed E-state index contributed by atoms with van der Waals surface area (Å²) in [5.74, 6) is 0.366. The summed E-state index contributed by atoms with van der Waals surface area (Å²) in [4.78, 5) is 16.4. The largest absolute Gasteiger partial charge is 0.293 e. The zero-order chi connectivity index (χ0) is 10.3. The van der Waals surface area contributed by atoms with Gasteiger partial charge in [0.1, 0.15) is 0 Å². The average Bonchev–Trinajstić information content (AvgIpc) is 2.54. The van der Waals surface area contributed by atoms with Gasteiger partial charge in [-0.2, -0.15) is 0 Å². The highest BCUT2D eigenvalue weighted by atomic mass is 16.1. The van der Waals surface area contributed by atoms with Crippen LogP contribution >= 0.6 is 0 Å². The Balaban J connectivity index is 2.01. The van der Waals surface area contributed by atoms with Crippen molar-refractivity contribution in [1.82, 2.24) is 4.98 Å². The summed E-state index contributed by atoms with van der Waals surface area (Å²) < 4.78 is 0. The number of aromatic nitrogens is 1. The normalized spacial score (nSPS) is 23.1. The van der Waals surface area contributed by atoms with Gasteiger partial charge in [0.15, 0.2) is 5.78 Å². The van der Waals surface area contributed by atoms with E-state index in [-0.39, 0.29) is 5.41 Å². The van der Waals surface area contributed by atoms with Gasteiger partial charge in [-0.05, 0) is 30.9 Å². The molecule has 0 atom stereocenters. The molecule has 1 aromatic rings. The van der Waals surface area contributed by atoms with Crippen LogP contribution in [0.15, 0.2) is 18.5 Å². The molecule has 15 heavy (non-hydrogen) atoms. The third kappa shape index (κ3) is 1.24. The van der Waals surface area contributed by atoms with E-state index in [1.54, 1.807) is 12.4 Å². The van der Waals surface area contributed by atoms with Crippen molar-refractivity contribution in [3.8, 4) is 0 Å². The number of ketones is 1. The third-order valence-electron chi connectivity index (χ3n) is 3.98. The van der Waals surface area contributed by atoms with Crippen LogP contribution in [0.3, 0.4) is 0 Å². The Morgan fingerprint density at radius 1 is 1.20 bits per heavy atom. The first-order valence-corrected chi connectivity index (χ1v) is 5.80. The zero-order valence-corrected chi connectivity index (χ0v) is 8.83. The van der Waals surface area contributed by atoms with Crippen LogP contribution in [0, 0.1) is 5.41 Å². The standard InChI is InChI=1S/C13H15NO/c15-12-11-9-14-7-4-10(11)8-13(12)5-2-1-3-6-13/h4,7,9H,1-3,5-6,8H2. The highest BCUT2D eigenvalue weighted by Crippen LogP contribution is 2.46. The van der Waals surface area contributed by atoms with Gasteiger partial charge in [0.2, 0.25) is 0 Å². The number of carbonyl (C=O) groups excluding carboxylic acids is 1. The molecule has 78 valence electrons. The Hall–Kier alpha value is -1.18. The molecule has 2 aliphatic carbocycles. The molecular weight excluding hydrogens is 186 g/mol. The molecule has 0 amide bonds. The molecule has 1 heterocycles. The van der Waals surface area contributed by atoms with E-state index in [1.165, 1.54) is 24.8 Å². The summed E-state index contributed by atoms with van der Waals surface area (Å²) in [5, 5.41) is 0. The summed E-state index contributed by atoms with van der Waals surface area (Å²) in [6.07, 6.45) is 10.4. The van der Waals surface area contributed by atoms with Gasteiger partial charge in [-0.15, -0.1) is 0 Å². The maximum absolute atomic E-state index is 12.3. The second-order valence-electron chi connectivity index (χ2n) is 4.88. The highest BCUT2D eigenvalue weighted by molar-refractivity contribution is 6.04. The van der Waals surface area contributed by atoms with Crippen LogP contribution in [0.1, 0.15) is 48.0 Å². The molecule has 1 fully saturated rings. The molecule has 1 spiro atoms. The van der Waals surface area contributed by atoms with Crippen LogP contribution in [0.2, 0.25) is 0 Å². The van der Waals surface area contributed by atoms with Crippen molar-refractivity contribution in [3.63, 3.8) is 0 Å². The van der Waals surface area contributed by atoms with Crippen molar-refractivity contribution in [2.75, 3.05) is 0 Å². The number of Topliss-reactive ketones (excluding diaryl/α,β-unsaturated/α-hetero) is 1. The molecule has 0 unspecified atom stereocenters. The maximum atomic E-state index is 12.3. The van der Waals surface area contributed by atoms with Crippen LogP contribution in [-0.2, 0) is 6.42 Å². The van der Waals surface area contributed by atoms with Gasteiger partial charge in [0.25, 0.3) is 0 Å². The van der Waals surface area contributed by atoms with Crippen molar-refractivity contribution in [3.05, 3.63) is 29.6 Å². The number of hydrogen-bond acceptors (Lipinski definition) is 2. The molecule has 2 nitrogen and oxygen atoms in total. The number of pyridine rings is 1. The summed E-state index contributed by atoms with van der Waals surface area (Å²) in [6, 6.07) is 2.01. The Morgan fingerprint density at radius 2 is 2.00 bits per heavy atom. The van der Waals surface area contributed by atoms with Gasteiger partial charge in [0.05, 0.1) is 0 Å². The molecule has 3 rings (SSSR count). The van der Waals surface area contributed by atoms with Crippen LogP contribution in [0.4, 0.5) is 0 Å². The van der Waals surface area contributed by atoms with E-state index in [2.05, 4.69) is 4.98 Å². The predicted molar refractivity (Wildman–Crippen MR) is 57.8 cm³/mol. The summed E-state index contributed by atoms with van der Waals surface area (Å²) in [6.45, 7) is 0. The lowest BCUT2D eigenvalue weighted by molar-refractivity contribution is 0.0748. The highest BCUT2D eigenvalue weighted by Gasteiger charge is 2.45. The van der Waals surface area contributed by atoms with Gasteiger partial charge in [-0.1, -0.05) is 19.3 Å². The fourth-order valence-electron chi connectivity index (χ4n) is 3.14. The first-order chi connectivity index (χ1) is 7.32. The van der Waals surface area contributed by atoms with Gasteiger partial charge in [-0.3, -0.25) is 9.78 Å². The van der Waals surface area contributed by atoms with Crippen LogP contribution in [-0.4, -0.2) is 10.8 Å². The Labute approximate surface area is 89.7 Å². The molecule has 0 saturated heterocycles. The second-order valence-corrected chi connectivity index (χ2v) is 4.88. The number of fused-ring (bicyclic) bond motifs is 1. The molecule has 0 N–H and O–H groups in total. The van der Waals surface area contributed by atoms with Gasteiger partial charge < -0.3 is 0 Å². The molecule has 0 bridgehead atoms. The Kier molecular flexibility index (Phi) is 1.91. The number of rotatable bonds is 0. The third-order valence-corrected chi connectivity index (χ3v) is 3.98. The predicted octanol–water partition coefficient (Wildman–Crippen LogP) is 2.77. The van der Waals surface area contributed by atoms with Crippen LogP contribution < -0.4 is 0 Å². The molecule has 2 aliphatic rings. The van der Waals surface area contributed by atoms with Crippen LogP contribution in [0.5, 0.6) is 0 Å². The lowest BCUT2D eigenvalue weighted by Gasteiger charge is -2.31. The Bertz CT molecular complexity index is 405. The van der Waals surface area contributed by atoms with E-state index in [1.807, 2.05) is 6.07 Å². The number of carbonyl (C=O) groups is 1. The number of nitrogens with zero attached hydrogens (tertiary/aromatic N) is 1. The van der Waals surface area contributed by atoms with E-state index in [4.69, 9.17) is 0 Å². The smallest absolute Gasteiger partial charge is 0.171 e. The van der Waals surface area contributed by atoms with Crippen LogP contribution in [0.25, 0.3) is 0 Å². The minimum atomic E-state index is -0.0381. The second kappa shape index (κ2) is 3.16. The SMILES string of the molecule is O=C1c2cnccc2CC12CCCCC2. The lowest BCUT2D eigenvalue weighted by atomic mass is 9.71. The van der Waals surface area contributed by atoms with Crippen molar-refractivity contribution < 1.29 is 4.79 Å². The van der Waals surface area contributed by atoms with Gasteiger partial charge >= 0.3 is 0 Å². The van der Waals surface area contributed by atoms with Gasteiger partial charge in [0, 0.05) is 23.4 Å². The monoisotopic (exact) mass is 201 g/mol. The zero-order valence-electron chi connectivity index (χ0n) is 8.83. The summed E-state index contributed by atoms with van der Waals surface area (Å²) in [5.41, 5.74) is 2.07. The fourth-order valence-corrected chi connectivity index (χ4v) is 3.14. The summed E-state index contributed by atoms with van der Waals surface area (Å²) >= 11 is 0. The van der Waals surface area contributed by atoms with E-state index in [9.17, 15) is 4.79 Å². The quantitative estimate of drug-likeness (QED) is 0.646. The van der Waals surface area contributed by atoms with E-state index in [0.29, 0.717) is 5.78 Å². The minimum absolute atomic E-state index is 0.0381. The van der Waals surface area contributed by atoms with E-state index < -0.39 is 0 Å². The van der Waals surface area contributed by atoms with Crippen molar-refractivity contribution in [1.29, 1.82) is 0 Å². The summed E-state index contributed by atoms with van der Waals surface area (Å²) in [7, 11) is 0. The topological polar surface area (TPSA) is 30.0 Å². The number of hydrogen-bond donors (Lipinski definition) is 0. The Morgan fingerprint density at radius 3 is 2.73 bits per heavy atom. The maximum Gasteiger partial charge on any atom is 0.171 e. The first kappa shape index (κ1) is 9.08. The van der Waals surface area contributed by atoms with Crippen molar-refractivity contribution in [2.45, 2.75) is 38.5 Å². The first-order valence-electron chi connectivity index (χ1n) is 5.80. The molecule has 0 aromatic carbocycles. The molecular formula is C13H15NO. The fraction of sp³-hybridized carbons (Fsp3) is 0.538. The molecule has 1 saturated carbocycles. The van der Waals surface area contributed by atoms with Gasteiger partial charge in [-0.25, -0.2) is 0 Å². The molecule has 2 heteroatoms. The molecule has 1 aromatic heterocycles. The minimum Gasteiger partial charge on any atom is -0.293 e. The van der Waals surface area contributed by atoms with Crippen molar-refractivity contribution in [2.24, 2.45) is 5.41 Å². The average molecular weight is 201 g/mol. The van der Waals surface area contributed by atoms with E-state index >= 15 is 0 Å². The van der Waals surface area contributed by atoms with E-state index in [0.717, 1.165) is 24.8 Å². The molecule has 0 radical (unpaired) electrons. The van der Waals surface area contributed by atoms with Crippen molar-refractivity contribution >= 4 is 5.78 Å². The molecule has 0 aliphatic heterocycles.